The average molecular weight is 388 g/mol. The predicted octanol–water partition coefficient (Wildman–Crippen LogP) is 4.16. The van der Waals surface area contributed by atoms with Gasteiger partial charge >= 0.3 is 0 Å². The van der Waals surface area contributed by atoms with Crippen molar-refractivity contribution in [2.45, 2.75) is 0 Å². The van der Waals surface area contributed by atoms with E-state index in [-0.39, 0.29) is 18.4 Å². The van der Waals surface area contributed by atoms with Gasteiger partial charge in [0.1, 0.15) is 10.1 Å². The van der Waals surface area contributed by atoms with Crippen LogP contribution in [0, 0.1) is 5.82 Å². The second-order valence-electron chi connectivity index (χ2n) is 5.94. The van der Waals surface area contributed by atoms with Crippen LogP contribution in [0.25, 0.3) is 6.08 Å². The summed E-state index contributed by atoms with van der Waals surface area (Å²) in [7, 11) is 3.96. The Morgan fingerprint density at radius 2 is 1.81 bits per heavy atom. The summed E-state index contributed by atoms with van der Waals surface area (Å²) in [5.74, 6) is -0.435. The highest BCUT2D eigenvalue weighted by molar-refractivity contribution is 8.26. The Labute approximate surface area is 161 Å². The van der Waals surface area contributed by atoms with Crippen molar-refractivity contribution in [3.05, 3.63) is 64.8 Å². The van der Waals surface area contributed by atoms with Gasteiger partial charge in [0.2, 0.25) is 0 Å². The van der Waals surface area contributed by atoms with Gasteiger partial charge in [-0.3, -0.25) is 9.69 Å². The molecule has 4 nitrogen and oxygen atoms in total. The zero-order valence-electron chi connectivity index (χ0n) is 14.4. The molecule has 0 atom stereocenters. The number of hydrogen-bond acceptors (Lipinski definition) is 5. The lowest BCUT2D eigenvalue weighted by Gasteiger charge is -2.16. The van der Waals surface area contributed by atoms with E-state index in [0.29, 0.717) is 9.23 Å². The molecule has 0 spiro atoms. The summed E-state index contributed by atoms with van der Waals surface area (Å²) in [6, 6.07) is 13.9. The lowest BCUT2D eigenvalue weighted by molar-refractivity contribution is -0.121. The number of nitrogens with one attached hydrogen (secondary N) is 1. The van der Waals surface area contributed by atoms with E-state index in [4.69, 9.17) is 12.2 Å². The SMILES string of the molecule is CN(C)c1ccc(/C=C2/SC(=S)N(CNc3ccc(F)cc3)C2=O)cc1. The highest BCUT2D eigenvalue weighted by Gasteiger charge is 2.31. The molecule has 0 bridgehead atoms. The summed E-state index contributed by atoms with van der Waals surface area (Å²) < 4.78 is 13.5. The first-order valence-corrected chi connectivity index (χ1v) is 9.19. The summed E-state index contributed by atoms with van der Waals surface area (Å²) in [6.07, 6.45) is 1.84. The number of halogens is 1. The number of anilines is 2. The average Bonchev–Trinajstić information content (AvgIpc) is 2.88. The molecular formula is C19H18FN3OS2. The molecule has 1 saturated heterocycles. The fourth-order valence-electron chi connectivity index (χ4n) is 2.39. The molecule has 2 aromatic carbocycles. The number of hydrogen-bond donors (Lipinski definition) is 1. The Kier molecular flexibility index (Phi) is 5.58. The van der Waals surface area contributed by atoms with Crippen molar-refractivity contribution in [3.8, 4) is 0 Å². The van der Waals surface area contributed by atoms with Crippen LogP contribution in [0.1, 0.15) is 5.56 Å². The van der Waals surface area contributed by atoms with E-state index in [1.165, 1.54) is 28.8 Å². The van der Waals surface area contributed by atoms with Gasteiger partial charge in [-0.25, -0.2) is 4.39 Å². The van der Waals surface area contributed by atoms with Crippen LogP contribution in [0.5, 0.6) is 0 Å². The van der Waals surface area contributed by atoms with E-state index in [0.717, 1.165) is 16.9 Å². The molecule has 1 aliphatic rings. The van der Waals surface area contributed by atoms with Gasteiger partial charge in [0.05, 0.1) is 11.6 Å². The van der Waals surface area contributed by atoms with Crippen LogP contribution in [0.3, 0.4) is 0 Å². The molecule has 1 N–H and O–H groups in total. The lowest BCUT2D eigenvalue weighted by Crippen LogP contribution is -2.33. The van der Waals surface area contributed by atoms with Crippen molar-refractivity contribution in [2.24, 2.45) is 0 Å². The van der Waals surface area contributed by atoms with E-state index in [9.17, 15) is 9.18 Å². The Bertz CT molecular complexity index is 848. The standard InChI is InChI=1S/C19H18FN3OS2/c1-22(2)16-9-3-13(4-10-16)11-17-18(24)23(19(25)26-17)12-21-15-7-5-14(20)6-8-15/h3-11,21H,12H2,1-2H3/b17-11+. The van der Waals surface area contributed by atoms with Crippen molar-refractivity contribution in [3.63, 3.8) is 0 Å². The minimum Gasteiger partial charge on any atom is -0.378 e. The normalized spacial score (nSPS) is 15.7. The molecule has 1 aliphatic heterocycles. The maximum Gasteiger partial charge on any atom is 0.267 e. The molecule has 134 valence electrons. The molecule has 26 heavy (non-hydrogen) atoms. The number of amides is 1. The largest absolute Gasteiger partial charge is 0.378 e. The summed E-state index contributed by atoms with van der Waals surface area (Å²) in [6.45, 7) is 0.243. The highest BCUT2D eigenvalue weighted by atomic mass is 32.2. The molecule has 1 heterocycles. The quantitative estimate of drug-likeness (QED) is 0.616. The van der Waals surface area contributed by atoms with Gasteiger partial charge in [0.15, 0.2) is 0 Å². The second kappa shape index (κ2) is 7.88. The third-order valence-electron chi connectivity index (χ3n) is 3.87. The summed E-state index contributed by atoms with van der Waals surface area (Å²) in [5, 5.41) is 3.08. The van der Waals surface area contributed by atoms with Gasteiger partial charge in [-0.15, -0.1) is 0 Å². The number of benzene rings is 2. The van der Waals surface area contributed by atoms with Gasteiger partial charge in [-0.2, -0.15) is 0 Å². The maximum absolute atomic E-state index is 13.0. The Balaban J connectivity index is 1.68. The molecule has 2 aromatic rings. The molecular weight excluding hydrogens is 369 g/mol. The van der Waals surface area contributed by atoms with E-state index in [1.807, 2.05) is 49.3 Å². The first kappa shape index (κ1) is 18.4. The topological polar surface area (TPSA) is 35.6 Å². The van der Waals surface area contributed by atoms with E-state index < -0.39 is 0 Å². The van der Waals surface area contributed by atoms with Crippen molar-refractivity contribution in [1.29, 1.82) is 0 Å². The molecule has 0 aliphatic carbocycles. The van der Waals surface area contributed by atoms with Crippen molar-refractivity contribution in [1.82, 2.24) is 4.90 Å². The zero-order valence-corrected chi connectivity index (χ0v) is 16.0. The zero-order chi connectivity index (χ0) is 18.7. The lowest BCUT2D eigenvalue weighted by atomic mass is 10.2. The van der Waals surface area contributed by atoms with Crippen LogP contribution < -0.4 is 10.2 Å². The fourth-order valence-corrected chi connectivity index (χ4v) is 3.65. The number of carbonyl (C=O) groups is 1. The fraction of sp³-hybridized carbons (Fsp3) is 0.158. The molecule has 1 amide bonds. The number of thiocarbonyl (C=S) groups is 1. The molecule has 0 aromatic heterocycles. The molecule has 0 saturated carbocycles. The van der Waals surface area contributed by atoms with Crippen molar-refractivity contribution < 1.29 is 9.18 Å². The Hall–Kier alpha value is -2.38. The second-order valence-corrected chi connectivity index (χ2v) is 7.61. The van der Waals surface area contributed by atoms with Crippen LogP contribution in [0.2, 0.25) is 0 Å². The number of thioether (sulfide) groups is 1. The number of rotatable bonds is 5. The monoisotopic (exact) mass is 387 g/mol. The van der Waals surface area contributed by atoms with Gasteiger partial charge in [-0.05, 0) is 48.0 Å². The molecule has 3 rings (SSSR count). The van der Waals surface area contributed by atoms with Gasteiger partial charge in [0, 0.05) is 25.5 Å². The maximum atomic E-state index is 13.0. The summed E-state index contributed by atoms with van der Waals surface area (Å²) >= 11 is 6.61. The molecule has 0 unspecified atom stereocenters. The van der Waals surface area contributed by atoms with Gasteiger partial charge in [-0.1, -0.05) is 36.1 Å². The smallest absolute Gasteiger partial charge is 0.267 e. The number of nitrogens with zero attached hydrogens (tertiary/aromatic N) is 2. The minimum atomic E-state index is -0.301. The van der Waals surface area contributed by atoms with Crippen LogP contribution in [0.15, 0.2) is 53.4 Å². The summed E-state index contributed by atoms with van der Waals surface area (Å²) in [4.78, 5) is 16.7. The Morgan fingerprint density at radius 1 is 1.15 bits per heavy atom. The predicted molar refractivity (Wildman–Crippen MR) is 111 cm³/mol. The van der Waals surface area contributed by atoms with Gasteiger partial charge < -0.3 is 10.2 Å². The summed E-state index contributed by atoms with van der Waals surface area (Å²) in [5.41, 5.74) is 2.77. The highest BCUT2D eigenvalue weighted by Crippen LogP contribution is 2.32. The van der Waals surface area contributed by atoms with E-state index in [1.54, 1.807) is 12.1 Å². The van der Waals surface area contributed by atoms with E-state index >= 15 is 0 Å². The van der Waals surface area contributed by atoms with Crippen LogP contribution in [-0.2, 0) is 4.79 Å². The first-order chi connectivity index (χ1) is 12.4. The Morgan fingerprint density at radius 3 is 2.42 bits per heavy atom. The third kappa shape index (κ3) is 4.23. The van der Waals surface area contributed by atoms with Gasteiger partial charge in [0.25, 0.3) is 5.91 Å². The van der Waals surface area contributed by atoms with Crippen LogP contribution in [-0.4, -0.2) is 35.9 Å². The van der Waals surface area contributed by atoms with Crippen molar-refractivity contribution >= 4 is 51.7 Å². The molecule has 7 heteroatoms. The number of carbonyl (C=O) groups excluding carboxylic acids is 1. The van der Waals surface area contributed by atoms with Crippen LogP contribution >= 0.6 is 24.0 Å². The molecule has 0 radical (unpaired) electrons. The minimum absolute atomic E-state index is 0.133. The van der Waals surface area contributed by atoms with Crippen molar-refractivity contribution in [2.75, 3.05) is 31.0 Å². The molecule has 1 fully saturated rings. The first-order valence-electron chi connectivity index (χ1n) is 7.96. The third-order valence-corrected chi connectivity index (χ3v) is 5.24. The van der Waals surface area contributed by atoms with Crippen LogP contribution in [0.4, 0.5) is 15.8 Å². The van der Waals surface area contributed by atoms with E-state index in [2.05, 4.69) is 5.32 Å².